The van der Waals surface area contributed by atoms with E-state index in [1.165, 1.54) is 9.58 Å². The van der Waals surface area contributed by atoms with Gasteiger partial charge in [-0.3, -0.25) is 4.79 Å². The van der Waals surface area contributed by atoms with Gasteiger partial charge in [-0.15, -0.1) is 0 Å². The average molecular weight is 366 g/mol. The molecule has 0 saturated carbocycles. The van der Waals surface area contributed by atoms with Crippen LogP contribution in [0.5, 0.6) is 11.6 Å². The van der Waals surface area contributed by atoms with E-state index in [0.29, 0.717) is 17.4 Å². The number of rotatable bonds is 4. The summed E-state index contributed by atoms with van der Waals surface area (Å²) in [7, 11) is 1.66. The molecule has 0 bridgehead atoms. The van der Waals surface area contributed by atoms with Crippen LogP contribution in [0.15, 0.2) is 53.3 Å². The van der Waals surface area contributed by atoms with Gasteiger partial charge in [0.15, 0.2) is 6.67 Å². The highest BCUT2D eigenvalue weighted by Crippen LogP contribution is 2.19. The number of aromatic nitrogens is 2. The molecule has 0 radical (unpaired) electrons. The molecule has 0 atom stereocenters. The second-order valence-corrected chi connectivity index (χ2v) is 6.75. The van der Waals surface area contributed by atoms with Crippen molar-refractivity contribution >= 4 is 16.5 Å². The number of anilines is 1. The van der Waals surface area contributed by atoms with Gasteiger partial charge >= 0.3 is 0 Å². The lowest BCUT2D eigenvalue weighted by atomic mass is 10.2. The highest BCUT2D eigenvalue weighted by atomic mass is 16.5. The van der Waals surface area contributed by atoms with Crippen molar-refractivity contribution in [3.05, 3.63) is 58.9 Å². The van der Waals surface area contributed by atoms with E-state index in [2.05, 4.69) is 22.1 Å². The minimum absolute atomic E-state index is 0.199. The molecule has 1 aliphatic heterocycles. The molecular weight excluding hydrogens is 344 g/mol. The first kappa shape index (κ1) is 17.4. The minimum Gasteiger partial charge on any atom is -0.857 e. The standard InChI is InChI=1S/C20H22N4O3/c1-27-16-8-6-15(7-9-16)23-12-10-22(11-13-23)14-24-20(26)18-5-3-2-4-17(18)19(25)21-24/h2-9H,10-14H2,1H3,(H,21,25). The van der Waals surface area contributed by atoms with Crippen LogP contribution < -0.4 is 25.2 Å². The molecule has 7 heteroatoms. The molecule has 4 rings (SSSR count). The Balaban J connectivity index is 1.45. The van der Waals surface area contributed by atoms with Crippen molar-refractivity contribution in [1.29, 1.82) is 0 Å². The normalized spacial score (nSPS) is 15.2. The van der Waals surface area contributed by atoms with Gasteiger partial charge in [0.1, 0.15) is 5.75 Å². The smallest absolute Gasteiger partial charge is 0.279 e. The van der Waals surface area contributed by atoms with Gasteiger partial charge in [-0.1, -0.05) is 18.2 Å². The summed E-state index contributed by atoms with van der Waals surface area (Å²) in [5.41, 5.74) is 0.966. The van der Waals surface area contributed by atoms with Gasteiger partial charge in [0.05, 0.1) is 33.3 Å². The fourth-order valence-electron chi connectivity index (χ4n) is 3.56. The Labute approximate surface area is 157 Å². The summed E-state index contributed by atoms with van der Waals surface area (Å²) in [6, 6.07) is 14.9. The summed E-state index contributed by atoms with van der Waals surface area (Å²) in [5.74, 6) is 0.500. The number of quaternary nitrogens is 1. The predicted octanol–water partition coefficient (Wildman–Crippen LogP) is -0.159. The molecule has 1 aromatic heterocycles. The van der Waals surface area contributed by atoms with Crippen LogP contribution in [0.2, 0.25) is 0 Å². The number of benzene rings is 2. The monoisotopic (exact) mass is 366 g/mol. The van der Waals surface area contributed by atoms with Gasteiger partial charge in [0.2, 0.25) is 0 Å². The van der Waals surface area contributed by atoms with Crippen molar-refractivity contribution in [1.82, 2.24) is 9.78 Å². The Morgan fingerprint density at radius 2 is 1.74 bits per heavy atom. The van der Waals surface area contributed by atoms with E-state index in [-0.39, 0.29) is 11.4 Å². The maximum atomic E-state index is 12.6. The Hall–Kier alpha value is -3.06. The number of methoxy groups -OCH3 is 1. The first-order valence-corrected chi connectivity index (χ1v) is 9.05. The topological polar surface area (TPSA) is 74.9 Å². The summed E-state index contributed by atoms with van der Waals surface area (Å²) in [6.07, 6.45) is 0. The van der Waals surface area contributed by atoms with Crippen molar-refractivity contribution in [2.75, 3.05) is 38.2 Å². The van der Waals surface area contributed by atoms with Crippen LogP contribution in [0.25, 0.3) is 10.8 Å². The van der Waals surface area contributed by atoms with Gasteiger partial charge in [-0.05, 0) is 35.7 Å². The highest BCUT2D eigenvalue weighted by Gasteiger charge is 2.21. The molecule has 1 N–H and O–H groups in total. The summed E-state index contributed by atoms with van der Waals surface area (Å²) in [6.45, 7) is 3.93. The van der Waals surface area contributed by atoms with Crippen molar-refractivity contribution in [2.24, 2.45) is 0 Å². The van der Waals surface area contributed by atoms with Crippen LogP contribution in [0.3, 0.4) is 0 Å². The van der Waals surface area contributed by atoms with Gasteiger partial charge in [-0.25, -0.2) is 0 Å². The summed E-state index contributed by atoms with van der Waals surface area (Å²) in [4.78, 5) is 16.2. The molecule has 0 amide bonds. The van der Waals surface area contributed by atoms with Crippen LogP contribution in [-0.4, -0.2) is 43.1 Å². The van der Waals surface area contributed by atoms with E-state index in [9.17, 15) is 9.90 Å². The maximum absolute atomic E-state index is 12.6. The third-order valence-corrected chi connectivity index (χ3v) is 5.12. The first-order valence-electron chi connectivity index (χ1n) is 9.05. The predicted molar refractivity (Wildman–Crippen MR) is 101 cm³/mol. The number of hydrogen-bond donors (Lipinski definition) is 1. The first-order chi connectivity index (χ1) is 13.2. The molecule has 7 nitrogen and oxygen atoms in total. The van der Waals surface area contributed by atoms with E-state index in [4.69, 9.17) is 4.74 Å². The number of nitrogens with zero attached hydrogens (tertiary/aromatic N) is 3. The molecule has 2 heterocycles. The van der Waals surface area contributed by atoms with Crippen LogP contribution in [-0.2, 0) is 6.67 Å². The van der Waals surface area contributed by atoms with E-state index in [0.717, 1.165) is 37.6 Å². The van der Waals surface area contributed by atoms with Gasteiger partial charge in [0.25, 0.3) is 5.56 Å². The lowest BCUT2D eigenvalue weighted by molar-refractivity contribution is -0.924. The fourth-order valence-corrected chi connectivity index (χ4v) is 3.56. The molecule has 2 aromatic carbocycles. The van der Waals surface area contributed by atoms with Crippen LogP contribution >= 0.6 is 0 Å². The van der Waals surface area contributed by atoms with Gasteiger partial charge in [-0.2, -0.15) is 9.78 Å². The highest BCUT2D eigenvalue weighted by molar-refractivity contribution is 5.85. The molecule has 3 aromatic rings. The van der Waals surface area contributed by atoms with E-state index < -0.39 is 0 Å². The molecular formula is C20H22N4O3. The molecule has 1 aliphatic rings. The van der Waals surface area contributed by atoms with E-state index in [1.54, 1.807) is 31.4 Å². The van der Waals surface area contributed by atoms with E-state index >= 15 is 0 Å². The van der Waals surface area contributed by atoms with Crippen LogP contribution in [0, 0.1) is 0 Å². The van der Waals surface area contributed by atoms with Crippen molar-refractivity contribution in [3.63, 3.8) is 0 Å². The number of hydrogen-bond acceptors (Lipinski definition) is 5. The summed E-state index contributed by atoms with van der Waals surface area (Å²) < 4.78 is 6.53. The van der Waals surface area contributed by atoms with Gasteiger partial charge < -0.3 is 19.6 Å². The fraction of sp³-hybridized carbons (Fsp3) is 0.300. The quantitative estimate of drug-likeness (QED) is 0.695. The number of ether oxygens (including phenoxy) is 1. The van der Waals surface area contributed by atoms with Crippen molar-refractivity contribution in [2.45, 2.75) is 6.67 Å². The van der Waals surface area contributed by atoms with Crippen molar-refractivity contribution in [3.8, 4) is 11.6 Å². The molecule has 0 aliphatic carbocycles. The third-order valence-electron chi connectivity index (χ3n) is 5.12. The van der Waals surface area contributed by atoms with Crippen LogP contribution in [0.1, 0.15) is 0 Å². The Kier molecular flexibility index (Phi) is 4.68. The van der Waals surface area contributed by atoms with E-state index in [1.807, 2.05) is 12.1 Å². The van der Waals surface area contributed by atoms with Crippen LogP contribution in [0.4, 0.5) is 5.69 Å². The Morgan fingerprint density at radius 3 is 2.41 bits per heavy atom. The molecule has 0 unspecified atom stereocenters. The minimum atomic E-state index is -0.346. The second kappa shape index (κ2) is 7.28. The Bertz CT molecular complexity index is 992. The second-order valence-electron chi connectivity index (χ2n) is 6.75. The molecule has 27 heavy (non-hydrogen) atoms. The summed E-state index contributed by atoms with van der Waals surface area (Å²) >= 11 is 0. The van der Waals surface area contributed by atoms with Gasteiger partial charge in [0, 0.05) is 17.0 Å². The Morgan fingerprint density at radius 1 is 1.07 bits per heavy atom. The average Bonchev–Trinajstić information content (AvgIpc) is 2.72. The number of piperazine rings is 1. The molecule has 1 fully saturated rings. The molecule has 140 valence electrons. The summed E-state index contributed by atoms with van der Waals surface area (Å²) in [5, 5.41) is 17.0. The SMILES string of the molecule is COc1ccc(N2CC[NH+](Cn3nc([O-])c4ccccc4c3=O)CC2)cc1. The lowest BCUT2D eigenvalue weighted by Crippen LogP contribution is -3.14. The molecule has 1 saturated heterocycles. The zero-order valence-electron chi connectivity index (χ0n) is 15.2. The lowest BCUT2D eigenvalue weighted by Gasteiger charge is -2.33. The number of nitrogens with one attached hydrogen (secondary N) is 1. The number of fused-ring (bicyclic) bond motifs is 1. The molecule has 0 spiro atoms. The maximum Gasteiger partial charge on any atom is 0.279 e. The largest absolute Gasteiger partial charge is 0.857 e. The van der Waals surface area contributed by atoms with Crippen molar-refractivity contribution < 1.29 is 14.7 Å². The zero-order chi connectivity index (χ0) is 18.8. The zero-order valence-corrected chi connectivity index (χ0v) is 15.2. The third kappa shape index (κ3) is 3.46.